The molecule has 1 aliphatic heterocycles. The fourth-order valence-corrected chi connectivity index (χ4v) is 3.08. The highest BCUT2D eigenvalue weighted by molar-refractivity contribution is 5.40. The Labute approximate surface area is 152 Å². The van der Waals surface area contributed by atoms with Crippen LogP contribution in [0.15, 0.2) is 42.5 Å². The van der Waals surface area contributed by atoms with Gasteiger partial charge in [0.25, 0.3) is 5.69 Å². The van der Waals surface area contributed by atoms with Crippen molar-refractivity contribution in [2.75, 3.05) is 33.9 Å². The molecule has 0 saturated carbocycles. The third kappa shape index (κ3) is 4.12. The Bertz CT molecular complexity index is 763. The maximum absolute atomic E-state index is 10.8. The Kier molecular flexibility index (Phi) is 5.70. The summed E-state index contributed by atoms with van der Waals surface area (Å²) in [5.74, 6) is 1.55. The van der Waals surface area contributed by atoms with E-state index in [9.17, 15) is 10.1 Å². The van der Waals surface area contributed by atoms with Gasteiger partial charge in [-0.1, -0.05) is 6.07 Å². The first-order valence-corrected chi connectivity index (χ1v) is 8.40. The Balaban J connectivity index is 1.69. The van der Waals surface area contributed by atoms with Crippen LogP contribution in [-0.4, -0.2) is 43.7 Å². The molecule has 0 aliphatic carbocycles. The number of nitro groups is 1. The minimum Gasteiger partial charge on any atom is -0.497 e. The molecule has 0 amide bonds. The predicted octanol–water partition coefficient (Wildman–Crippen LogP) is 3.19. The van der Waals surface area contributed by atoms with Crippen LogP contribution >= 0.6 is 0 Å². The molecule has 2 aromatic rings. The van der Waals surface area contributed by atoms with Gasteiger partial charge in [0.15, 0.2) is 0 Å². The second-order valence-corrected chi connectivity index (χ2v) is 6.12. The van der Waals surface area contributed by atoms with E-state index in [-0.39, 0.29) is 11.8 Å². The molecule has 3 rings (SSSR count). The zero-order valence-corrected chi connectivity index (χ0v) is 14.9. The van der Waals surface area contributed by atoms with Gasteiger partial charge < -0.3 is 14.2 Å². The normalized spacial score (nSPS) is 17.7. The lowest BCUT2D eigenvalue weighted by Gasteiger charge is -2.33. The van der Waals surface area contributed by atoms with E-state index >= 15 is 0 Å². The summed E-state index contributed by atoms with van der Waals surface area (Å²) in [4.78, 5) is 12.7. The Morgan fingerprint density at radius 1 is 1.19 bits per heavy atom. The highest BCUT2D eigenvalue weighted by Crippen LogP contribution is 2.29. The quantitative estimate of drug-likeness (QED) is 0.583. The van der Waals surface area contributed by atoms with Crippen molar-refractivity contribution in [3.8, 4) is 11.5 Å². The number of hydrogen-bond acceptors (Lipinski definition) is 6. The molecule has 138 valence electrons. The van der Waals surface area contributed by atoms with Crippen LogP contribution in [-0.2, 0) is 11.3 Å². The predicted molar refractivity (Wildman–Crippen MR) is 96.6 cm³/mol. The molecule has 0 aromatic heterocycles. The average molecular weight is 358 g/mol. The molecule has 1 saturated heterocycles. The molecule has 2 aromatic carbocycles. The lowest BCUT2D eigenvalue weighted by atomic mass is 10.1. The SMILES string of the molecule is COc1ccc(CN2CCO[C@@H](c3ccc([N+](=O)[O-])cc3)C2)c(OC)c1. The highest BCUT2D eigenvalue weighted by Gasteiger charge is 2.23. The summed E-state index contributed by atoms with van der Waals surface area (Å²) in [6.45, 7) is 2.88. The van der Waals surface area contributed by atoms with E-state index < -0.39 is 4.92 Å². The minimum atomic E-state index is -0.395. The van der Waals surface area contributed by atoms with Crippen molar-refractivity contribution in [2.24, 2.45) is 0 Å². The van der Waals surface area contributed by atoms with E-state index in [4.69, 9.17) is 14.2 Å². The van der Waals surface area contributed by atoms with Crippen LogP contribution < -0.4 is 9.47 Å². The van der Waals surface area contributed by atoms with Crippen LogP contribution in [0.5, 0.6) is 11.5 Å². The van der Waals surface area contributed by atoms with Crippen molar-refractivity contribution in [3.05, 3.63) is 63.7 Å². The maximum Gasteiger partial charge on any atom is 0.269 e. The maximum atomic E-state index is 10.8. The smallest absolute Gasteiger partial charge is 0.269 e. The van der Waals surface area contributed by atoms with Crippen molar-refractivity contribution >= 4 is 5.69 Å². The fourth-order valence-electron chi connectivity index (χ4n) is 3.08. The number of nitro benzene ring substituents is 1. The summed E-state index contributed by atoms with van der Waals surface area (Å²) in [5.41, 5.74) is 2.11. The van der Waals surface area contributed by atoms with Gasteiger partial charge >= 0.3 is 0 Å². The molecular formula is C19H22N2O5. The van der Waals surface area contributed by atoms with Crippen LogP contribution in [0.3, 0.4) is 0 Å². The third-order valence-corrected chi connectivity index (χ3v) is 4.51. The molecule has 7 nitrogen and oxygen atoms in total. The van der Waals surface area contributed by atoms with Crippen molar-refractivity contribution in [1.29, 1.82) is 0 Å². The average Bonchev–Trinajstić information content (AvgIpc) is 2.68. The zero-order chi connectivity index (χ0) is 18.5. The summed E-state index contributed by atoms with van der Waals surface area (Å²) in [7, 11) is 3.28. The number of nitrogens with zero attached hydrogens (tertiary/aromatic N) is 2. The lowest BCUT2D eigenvalue weighted by Crippen LogP contribution is -2.37. The van der Waals surface area contributed by atoms with E-state index in [2.05, 4.69) is 4.90 Å². The molecular weight excluding hydrogens is 336 g/mol. The van der Waals surface area contributed by atoms with Gasteiger partial charge in [-0.3, -0.25) is 15.0 Å². The molecule has 1 heterocycles. The lowest BCUT2D eigenvalue weighted by molar-refractivity contribution is -0.384. The number of non-ortho nitro benzene ring substituents is 1. The minimum absolute atomic E-state index is 0.0874. The molecule has 0 spiro atoms. The molecule has 0 bridgehead atoms. The summed E-state index contributed by atoms with van der Waals surface area (Å²) >= 11 is 0. The second-order valence-electron chi connectivity index (χ2n) is 6.12. The van der Waals surface area contributed by atoms with Gasteiger partial charge in [0.05, 0.1) is 31.9 Å². The van der Waals surface area contributed by atoms with Crippen LogP contribution in [0.1, 0.15) is 17.2 Å². The summed E-state index contributed by atoms with van der Waals surface area (Å²) in [6.07, 6.45) is -0.103. The van der Waals surface area contributed by atoms with Crippen molar-refractivity contribution in [2.45, 2.75) is 12.6 Å². The van der Waals surface area contributed by atoms with Gasteiger partial charge in [-0.05, 0) is 23.8 Å². The number of morpholine rings is 1. The molecule has 1 atom stereocenters. The first-order chi connectivity index (χ1) is 12.6. The molecule has 0 unspecified atom stereocenters. The van der Waals surface area contributed by atoms with Crippen molar-refractivity contribution in [3.63, 3.8) is 0 Å². The topological polar surface area (TPSA) is 74.1 Å². The number of methoxy groups -OCH3 is 2. The fraction of sp³-hybridized carbons (Fsp3) is 0.368. The van der Waals surface area contributed by atoms with Gasteiger partial charge in [0.2, 0.25) is 0 Å². The Morgan fingerprint density at radius 3 is 2.62 bits per heavy atom. The molecule has 26 heavy (non-hydrogen) atoms. The second kappa shape index (κ2) is 8.16. The van der Waals surface area contributed by atoms with Crippen molar-refractivity contribution < 1.29 is 19.1 Å². The van der Waals surface area contributed by atoms with Crippen molar-refractivity contribution in [1.82, 2.24) is 4.90 Å². The summed E-state index contributed by atoms with van der Waals surface area (Å²) < 4.78 is 16.6. The van der Waals surface area contributed by atoms with Crippen LogP contribution in [0.25, 0.3) is 0 Å². The monoisotopic (exact) mass is 358 g/mol. The van der Waals surface area contributed by atoms with E-state index in [0.717, 1.165) is 35.7 Å². The van der Waals surface area contributed by atoms with Crippen LogP contribution in [0.4, 0.5) is 5.69 Å². The largest absolute Gasteiger partial charge is 0.497 e. The van der Waals surface area contributed by atoms with E-state index in [1.54, 1.807) is 26.4 Å². The third-order valence-electron chi connectivity index (χ3n) is 4.51. The molecule has 7 heteroatoms. The molecule has 0 radical (unpaired) electrons. The zero-order valence-electron chi connectivity index (χ0n) is 14.9. The number of hydrogen-bond donors (Lipinski definition) is 0. The number of rotatable bonds is 6. The number of benzene rings is 2. The first-order valence-electron chi connectivity index (χ1n) is 8.40. The van der Waals surface area contributed by atoms with Crippen LogP contribution in [0.2, 0.25) is 0 Å². The van der Waals surface area contributed by atoms with E-state index in [1.807, 2.05) is 18.2 Å². The molecule has 0 N–H and O–H groups in total. The van der Waals surface area contributed by atoms with Crippen LogP contribution in [0, 0.1) is 10.1 Å². The van der Waals surface area contributed by atoms with E-state index in [1.165, 1.54) is 12.1 Å². The first kappa shape index (κ1) is 18.2. The van der Waals surface area contributed by atoms with E-state index in [0.29, 0.717) is 13.2 Å². The standard InChI is InChI=1S/C19H22N2O5/c1-24-17-8-5-15(18(11-17)25-2)12-20-9-10-26-19(13-20)14-3-6-16(7-4-14)21(22)23/h3-8,11,19H,9-10,12-13H2,1-2H3/t19-/m1/s1. The highest BCUT2D eigenvalue weighted by atomic mass is 16.6. The Morgan fingerprint density at radius 2 is 1.96 bits per heavy atom. The van der Waals surface area contributed by atoms with Gasteiger partial charge in [-0.2, -0.15) is 0 Å². The molecule has 1 fully saturated rings. The van der Waals surface area contributed by atoms with Gasteiger partial charge in [-0.15, -0.1) is 0 Å². The summed E-state index contributed by atoms with van der Waals surface area (Å²) in [5, 5.41) is 10.8. The van der Waals surface area contributed by atoms with Gasteiger partial charge in [0, 0.05) is 43.4 Å². The molecule has 1 aliphatic rings. The Hall–Kier alpha value is -2.64. The summed E-state index contributed by atoms with van der Waals surface area (Å²) in [6, 6.07) is 12.4. The van der Waals surface area contributed by atoms with Gasteiger partial charge in [0.1, 0.15) is 11.5 Å². The number of ether oxygens (including phenoxy) is 3. The van der Waals surface area contributed by atoms with Gasteiger partial charge in [-0.25, -0.2) is 0 Å².